The Hall–Kier alpha value is -0.820. The SMILES string of the molecule is NNc1snnc1CSc1ccc(Cl)cc1. The van der Waals surface area contributed by atoms with Gasteiger partial charge in [-0.05, 0) is 24.3 Å². The van der Waals surface area contributed by atoms with E-state index >= 15 is 0 Å². The number of rotatable bonds is 4. The molecule has 16 heavy (non-hydrogen) atoms. The number of anilines is 1. The highest BCUT2D eigenvalue weighted by Crippen LogP contribution is 2.27. The number of thioether (sulfide) groups is 1. The van der Waals surface area contributed by atoms with Crippen LogP contribution in [-0.4, -0.2) is 9.59 Å². The van der Waals surface area contributed by atoms with E-state index in [1.807, 2.05) is 24.3 Å². The molecule has 0 bridgehead atoms. The molecule has 0 aliphatic carbocycles. The van der Waals surface area contributed by atoms with Gasteiger partial charge < -0.3 is 5.43 Å². The van der Waals surface area contributed by atoms with Gasteiger partial charge in [-0.1, -0.05) is 16.1 Å². The third-order valence-electron chi connectivity index (χ3n) is 1.88. The van der Waals surface area contributed by atoms with Gasteiger partial charge in [-0.15, -0.1) is 16.9 Å². The van der Waals surface area contributed by atoms with E-state index in [9.17, 15) is 0 Å². The van der Waals surface area contributed by atoms with Crippen molar-refractivity contribution in [2.75, 3.05) is 5.43 Å². The minimum atomic E-state index is 0.734. The van der Waals surface area contributed by atoms with Crippen LogP contribution in [0.5, 0.6) is 0 Å². The molecule has 0 atom stereocenters. The van der Waals surface area contributed by atoms with Gasteiger partial charge in [0.25, 0.3) is 0 Å². The summed E-state index contributed by atoms with van der Waals surface area (Å²) in [6, 6.07) is 7.68. The van der Waals surface area contributed by atoms with Gasteiger partial charge in [-0.2, -0.15) is 0 Å². The Bertz CT molecular complexity index is 457. The lowest BCUT2D eigenvalue weighted by Gasteiger charge is -2.01. The van der Waals surface area contributed by atoms with Crippen molar-refractivity contribution in [3.05, 3.63) is 35.0 Å². The normalized spacial score (nSPS) is 10.4. The maximum Gasteiger partial charge on any atom is 0.148 e. The first-order valence-corrected chi connectivity index (χ1v) is 6.59. The summed E-state index contributed by atoms with van der Waals surface area (Å²) in [5, 5.41) is 5.55. The van der Waals surface area contributed by atoms with Crippen molar-refractivity contribution >= 4 is 39.9 Å². The largest absolute Gasteiger partial charge is 0.313 e. The lowest BCUT2D eigenvalue weighted by atomic mass is 10.4. The highest BCUT2D eigenvalue weighted by Gasteiger charge is 2.06. The second kappa shape index (κ2) is 5.49. The predicted octanol–water partition coefficient (Wildman–Crippen LogP) is 2.77. The molecule has 0 radical (unpaired) electrons. The molecule has 0 spiro atoms. The summed E-state index contributed by atoms with van der Waals surface area (Å²) in [6.07, 6.45) is 0. The Labute approximate surface area is 106 Å². The average molecular weight is 273 g/mol. The summed E-state index contributed by atoms with van der Waals surface area (Å²) in [7, 11) is 0. The van der Waals surface area contributed by atoms with Gasteiger partial charge in [0.2, 0.25) is 0 Å². The molecule has 0 saturated carbocycles. The van der Waals surface area contributed by atoms with Gasteiger partial charge >= 0.3 is 0 Å². The van der Waals surface area contributed by atoms with Gasteiger partial charge in [-0.25, -0.2) is 5.84 Å². The molecule has 2 aromatic rings. The number of nitrogens with two attached hydrogens (primary N) is 1. The summed E-state index contributed by atoms with van der Waals surface area (Å²) >= 11 is 8.72. The standard InChI is InChI=1S/C9H9ClN4S2/c10-6-1-3-7(4-2-6)15-5-8-9(12-11)16-14-13-8/h1-4,12H,5,11H2. The molecule has 0 fully saturated rings. The number of nitrogens with zero attached hydrogens (tertiary/aromatic N) is 2. The topological polar surface area (TPSA) is 63.8 Å². The average Bonchev–Trinajstić information content (AvgIpc) is 2.76. The first-order chi connectivity index (χ1) is 7.79. The minimum absolute atomic E-state index is 0.734. The van der Waals surface area contributed by atoms with Gasteiger partial charge in [-0.3, -0.25) is 0 Å². The van der Waals surface area contributed by atoms with Crippen LogP contribution < -0.4 is 11.3 Å². The predicted molar refractivity (Wildman–Crippen MR) is 68.7 cm³/mol. The summed E-state index contributed by atoms with van der Waals surface area (Å²) < 4.78 is 3.83. The van der Waals surface area contributed by atoms with E-state index in [1.54, 1.807) is 11.8 Å². The molecule has 7 heteroatoms. The molecule has 0 amide bonds. The molecule has 3 N–H and O–H groups in total. The van der Waals surface area contributed by atoms with E-state index in [1.165, 1.54) is 11.5 Å². The number of halogens is 1. The van der Waals surface area contributed by atoms with Crippen LogP contribution in [0.4, 0.5) is 5.00 Å². The Morgan fingerprint density at radius 3 is 2.81 bits per heavy atom. The van der Waals surface area contributed by atoms with Crippen LogP contribution in [-0.2, 0) is 5.75 Å². The fourth-order valence-corrected chi connectivity index (χ4v) is 2.64. The zero-order chi connectivity index (χ0) is 11.4. The number of hydrogen-bond donors (Lipinski definition) is 2. The van der Waals surface area contributed by atoms with Crippen LogP contribution in [0.25, 0.3) is 0 Å². The highest BCUT2D eigenvalue weighted by atomic mass is 35.5. The Balaban J connectivity index is 1.99. The fraction of sp³-hybridized carbons (Fsp3) is 0.111. The van der Waals surface area contributed by atoms with Crippen LogP contribution in [0.3, 0.4) is 0 Å². The van der Waals surface area contributed by atoms with Crippen molar-refractivity contribution in [1.29, 1.82) is 0 Å². The zero-order valence-corrected chi connectivity index (χ0v) is 10.6. The smallest absolute Gasteiger partial charge is 0.148 e. The van der Waals surface area contributed by atoms with Crippen LogP contribution in [0.15, 0.2) is 29.2 Å². The molecular formula is C9H9ClN4S2. The Morgan fingerprint density at radius 2 is 2.12 bits per heavy atom. The highest BCUT2D eigenvalue weighted by molar-refractivity contribution is 7.98. The van der Waals surface area contributed by atoms with Gasteiger partial charge in [0.1, 0.15) is 10.7 Å². The van der Waals surface area contributed by atoms with Crippen LogP contribution in [0, 0.1) is 0 Å². The van der Waals surface area contributed by atoms with Crippen LogP contribution in [0.2, 0.25) is 5.02 Å². The van der Waals surface area contributed by atoms with E-state index in [4.69, 9.17) is 17.4 Å². The number of hydrogen-bond acceptors (Lipinski definition) is 6. The maximum absolute atomic E-state index is 5.80. The van der Waals surface area contributed by atoms with E-state index in [0.29, 0.717) is 0 Å². The molecule has 0 unspecified atom stereocenters. The number of nitrogen functional groups attached to an aromatic ring is 1. The van der Waals surface area contributed by atoms with Crippen molar-refractivity contribution in [1.82, 2.24) is 9.59 Å². The number of aromatic nitrogens is 2. The van der Waals surface area contributed by atoms with Crippen molar-refractivity contribution in [2.24, 2.45) is 5.84 Å². The molecule has 0 aliphatic heterocycles. The van der Waals surface area contributed by atoms with Crippen molar-refractivity contribution in [3.8, 4) is 0 Å². The summed E-state index contributed by atoms with van der Waals surface area (Å²) in [4.78, 5) is 1.14. The Kier molecular flexibility index (Phi) is 4.00. The van der Waals surface area contributed by atoms with E-state index in [-0.39, 0.29) is 0 Å². The second-order valence-corrected chi connectivity index (χ2v) is 5.18. The molecule has 4 nitrogen and oxygen atoms in total. The summed E-state index contributed by atoms with van der Waals surface area (Å²) in [5.41, 5.74) is 3.45. The molecule has 1 aromatic heterocycles. The Morgan fingerprint density at radius 1 is 1.38 bits per heavy atom. The van der Waals surface area contributed by atoms with Crippen molar-refractivity contribution in [2.45, 2.75) is 10.6 Å². The fourth-order valence-electron chi connectivity index (χ4n) is 1.10. The third kappa shape index (κ3) is 2.85. The number of nitrogens with one attached hydrogen (secondary N) is 1. The number of hydrazine groups is 1. The van der Waals surface area contributed by atoms with Crippen LogP contribution in [0.1, 0.15) is 5.69 Å². The van der Waals surface area contributed by atoms with Crippen molar-refractivity contribution < 1.29 is 0 Å². The number of benzene rings is 1. The molecule has 2 rings (SSSR count). The third-order valence-corrected chi connectivity index (χ3v) is 3.85. The molecule has 0 saturated heterocycles. The second-order valence-electron chi connectivity index (χ2n) is 2.94. The molecule has 0 aliphatic rings. The van der Waals surface area contributed by atoms with Gasteiger partial charge in [0, 0.05) is 27.2 Å². The monoisotopic (exact) mass is 272 g/mol. The quantitative estimate of drug-likeness (QED) is 0.509. The van der Waals surface area contributed by atoms with E-state index < -0.39 is 0 Å². The molecule has 1 aromatic carbocycles. The van der Waals surface area contributed by atoms with Gasteiger partial charge in [0.05, 0.1) is 0 Å². The lowest BCUT2D eigenvalue weighted by molar-refractivity contribution is 1.07. The lowest BCUT2D eigenvalue weighted by Crippen LogP contribution is -2.06. The maximum atomic E-state index is 5.80. The van der Waals surface area contributed by atoms with Crippen molar-refractivity contribution in [3.63, 3.8) is 0 Å². The minimum Gasteiger partial charge on any atom is -0.313 e. The molecule has 84 valence electrons. The van der Waals surface area contributed by atoms with E-state index in [2.05, 4.69) is 15.0 Å². The zero-order valence-electron chi connectivity index (χ0n) is 8.18. The first-order valence-electron chi connectivity index (χ1n) is 4.46. The first kappa shape index (κ1) is 11.7. The summed E-state index contributed by atoms with van der Waals surface area (Å²) in [5.74, 6) is 6.07. The summed E-state index contributed by atoms with van der Waals surface area (Å²) in [6.45, 7) is 0. The van der Waals surface area contributed by atoms with E-state index in [0.717, 1.165) is 26.4 Å². The van der Waals surface area contributed by atoms with Gasteiger partial charge in [0.15, 0.2) is 0 Å². The molecule has 1 heterocycles. The molecular weight excluding hydrogens is 264 g/mol. The van der Waals surface area contributed by atoms with Crippen LogP contribution >= 0.6 is 34.9 Å².